The molecule has 0 aliphatic carbocycles. The molecule has 0 atom stereocenters. The first-order valence-electron chi connectivity index (χ1n) is 5.28. The molecular formula is C11H11ClN2O3S. The van der Waals surface area contributed by atoms with Crippen molar-refractivity contribution in [2.45, 2.75) is 24.7 Å². The van der Waals surface area contributed by atoms with Crippen molar-refractivity contribution in [1.29, 1.82) is 0 Å². The van der Waals surface area contributed by atoms with Crippen LogP contribution >= 0.6 is 10.7 Å². The minimum absolute atomic E-state index is 0.100. The summed E-state index contributed by atoms with van der Waals surface area (Å²) in [4.78, 5) is 4.19. The fourth-order valence-corrected chi connectivity index (χ4v) is 2.29. The first-order valence-corrected chi connectivity index (χ1v) is 7.59. The standard InChI is InChI=1S/C11H11ClN2O3S/c1-8-13-11(14-17-8)7-4-9-2-5-10(6-3-9)18(12,15)16/h2-3,5-6H,4,7H2,1H3. The van der Waals surface area contributed by atoms with Crippen LogP contribution in [0.15, 0.2) is 33.7 Å². The second kappa shape index (κ2) is 5.07. The Kier molecular flexibility index (Phi) is 3.68. The van der Waals surface area contributed by atoms with Crippen LogP contribution in [0.1, 0.15) is 17.3 Å². The minimum atomic E-state index is -3.65. The van der Waals surface area contributed by atoms with Crippen LogP contribution in [0.5, 0.6) is 0 Å². The van der Waals surface area contributed by atoms with Crippen molar-refractivity contribution in [2.75, 3.05) is 0 Å². The van der Waals surface area contributed by atoms with Gasteiger partial charge in [-0.1, -0.05) is 17.3 Å². The molecule has 0 bridgehead atoms. The number of halogens is 1. The van der Waals surface area contributed by atoms with Gasteiger partial charge in [-0.2, -0.15) is 4.98 Å². The molecule has 18 heavy (non-hydrogen) atoms. The van der Waals surface area contributed by atoms with Gasteiger partial charge in [0.05, 0.1) is 4.90 Å². The Morgan fingerprint density at radius 2 is 1.89 bits per heavy atom. The largest absolute Gasteiger partial charge is 0.340 e. The lowest BCUT2D eigenvalue weighted by Crippen LogP contribution is -1.95. The summed E-state index contributed by atoms with van der Waals surface area (Å²) < 4.78 is 27.0. The highest BCUT2D eigenvalue weighted by Crippen LogP contribution is 2.16. The van der Waals surface area contributed by atoms with Gasteiger partial charge in [-0.3, -0.25) is 0 Å². The van der Waals surface area contributed by atoms with Crippen LogP contribution in [0.3, 0.4) is 0 Å². The van der Waals surface area contributed by atoms with Gasteiger partial charge in [0.2, 0.25) is 5.89 Å². The summed E-state index contributed by atoms with van der Waals surface area (Å²) >= 11 is 0. The third kappa shape index (κ3) is 3.30. The maximum Gasteiger partial charge on any atom is 0.261 e. The summed E-state index contributed by atoms with van der Waals surface area (Å²) in [7, 11) is 1.58. The molecule has 1 aromatic heterocycles. The van der Waals surface area contributed by atoms with Crippen LogP contribution in [-0.4, -0.2) is 18.6 Å². The van der Waals surface area contributed by atoms with E-state index in [4.69, 9.17) is 15.2 Å². The van der Waals surface area contributed by atoms with Gasteiger partial charge in [0, 0.05) is 24.0 Å². The van der Waals surface area contributed by atoms with E-state index in [0.29, 0.717) is 24.6 Å². The predicted octanol–water partition coefficient (Wildman–Crippen LogP) is 2.09. The second-order valence-electron chi connectivity index (χ2n) is 3.81. The molecule has 0 saturated carbocycles. The molecule has 0 N–H and O–H groups in total. The smallest absolute Gasteiger partial charge is 0.261 e. The first kappa shape index (κ1) is 13.0. The lowest BCUT2D eigenvalue weighted by molar-refractivity contribution is 0.387. The summed E-state index contributed by atoms with van der Waals surface area (Å²) in [6, 6.07) is 6.42. The fraction of sp³-hybridized carbons (Fsp3) is 0.273. The average Bonchev–Trinajstić information content (AvgIpc) is 2.72. The minimum Gasteiger partial charge on any atom is -0.340 e. The zero-order valence-corrected chi connectivity index (χ0v) is 11.2. The molecule has 2 aromatic rings. The number of hydrogen-bond donors (Lipinski definition) is 0. The topological polar surface area (TPSA) is 73.1 Å². The first-order chi connectivity index (χ1) is 8.45. The highest BCUT2D eigenvalue weighted by molar-refractivity contribution is 8.13. The Balaban J connectivity index is 2.03. The van der Waals surface area contributed by atoms with Gasteiger partial charge in [0.1, 0.15) is 0 Å². The number of benzene rings is 1. The molecule has 5 nitrogen and oxygen atoms in total. The van der Waals surface area contributed by atoms with E-state index in [0.717, 1.165) is 5.56 Å². The summed E-state index contributed by atoms with van der Waals surface area (Å²) in [6.45, 7) is 1.73. The van der Waals surface area contributed by atoms with E-state index in [1.54, 1.807) is 19.1 Å². The Hall–Kier alpha value is -1.40. The van der Waals surface area contributed by atoms with E-state index in [1.807, 2.05) is 0 Å². The quantitative estimate of drug-likeness (QED) is 0.805. The van der Waals surface area contributed by atoms with Gasteiger partial charge in [-0.05, 0) is 24.1 Å². The van der Waals surface area contributed by atoms with E-state index < -0.39 is 9.05 Å². The van der Waals surface area contributed by atoms with Crippen molar-refractivity contribution in [3.63, 3.8) is 0 Å². The number of aromatic nitrogens is 2. The van der Waals surface area contributed by atoms with Gasteiger partial charge in [0.25, 0.3) is 9.05 Å². The zero-order valence-electron chi connectivity index (χ0n) is 9.63. The van der Waals surface area contributed by atoms with Crippen LogP contribution in [0.2, 0.25) is 0 Å². The van der Waals surface area contributed by atoms with Gasteiger partial charge in [-0.15, -0.1) is 0 Å². The van der Waals surface area contributed by atoms with Gasteiger partial charge in [0.15, 0.2) is 5.82 Å². The third-order valence-corrected chi connectivity index (χ3v) is 3.78. The van der Waals surface area contributed by atoms with Crippen LogP contribution < -0.4 is 0 Å². The summed E-state index contributed by atoms with van der Waals surface area (Å²) in [5.41, 5.74) is 0.988. The third-order valence-electron chi connectivity index (χ3n) is 2.41. The molecule has 0 saturated heterocycles. The van der Waals surface area contributed by atoms with Crippen LogP contribution in [0.4, 0.5) is 0 Å². The Morgan fingerprint density at radius 3 is 2.39 bits per heavy atom. The highest BCUT2D eigenvalue weighted by Gasteiger charge is 2.09. The molecule has 0 amide bonds. The number of rotatable bonds is 4. The number of nitrogens with zero attached hydrogens (tertiary/aromatic N) is 2. The average molecular weight is 287 g/mol. The molecule has 0 unspecified atom stereocenters. The molecule has 2 rings (SSSR count). The second-order valence-corrected chi connectivity index (χ2v) is 6.38. The zero-order chi connectivity index (χ0) is 13.2. The van der Waals surface area contributed by atoms with Crippen molar-refractivity contribution < 1.29 is 12.9 Å². The van der Waals surface area contributed by atoms with Gasteiger partial charge in [-0.25, -0.2) is 8.42 Å². The van der Waals surface area contributed by atoms with E-state index in [9.17, 15) is 8.42 Å². The molecular weight excluding hydrogens is 276 g/mol. The Morgan fingerprint density at radius 1 is 1.22 bits per heavy atom. The maximum absolute atomic E-state index is 11.1. The predicted molar refractivity (Wildman–Crippen MR) is 65.9 cm³/mol. The molecule has 0 aliphatic heterocycles. The SMILES string of the molecule is Cc1nc(CCc2ccc(S(=O)(=O)Cl)cc2)no1. The lowest BCUT2D eigenvalue weighted by atomic mass is 10.1. The Bertz CT molecular complexity index is 635. The maximum atomic E-state index is 11.1. The number of aryl methyl sites for hydroxylation is 3. The van der Waals surface area contributed by atoms with E-state index in [2.05, 4.69) is 10.1 Å². The van der Waals surface area contributed by atoms with Gasteiger partial charge >= 0.3 is 0 Å². The van der Waals surface area contributed by atoms with Gasteiger partial charge < -0.3 is 4.52 Å². The summed E-state index contributed by atoms with van der Waals surface area (Å²) in [6.07, 6.45) is 1.35. The van der Waals surface area contributed by atoms with E-state index in [-0.39, 0.29) is 4.90 Å². The molecule has 7 heteroatoms. The molecule has 0 spiro atoms. The van der Waals surface area contributed by atoms with Crippen molar-refractivity contribution in [3.05, 3.63) is 41.5 Å². The highest BCUT2D eigenvalue weighted by atomic mass is 35.7. The fourth-order valence-electron chi connectivity index (χ4n) is 1.52. The van der Waals surface area contributed by atoms with Crippen molar-refractivity contribution >= 4 is 19.7 Å². The van der Waals surface area contributed by atoms with E-state index in [1.165, 1.54) is 12.1 Å². The number of hydrogen-bond acceptors (Lipinski definition) is 5. The summed E-state index contributed by atoms with van der Waals surface area (Å²) in [5, 5.41) is 3.78. The lowest BCUT2D eigenvalue weighted by Gasteiger charge is -2.00. The van der Waals surface area contributed by atoms with Crippen molar-refractivity contribution in [3.8, 4) is 0 Å². The van der Waals surface area contributed by atoms with Crippen LogP contribution in [0.25, 0.3) is 0 Å². The monoisotopic (exact) mass is 286 g/mol. The van der Waals surface area contributed by atoms with Crippen molar-refractivity contribution in [1.82, 2.24) is 10.1 Å². The molecule has 96 valence electrons. The molecule has 0 aliphatic rings. The normalized spacial score (nSPS) is 11.7. The van der Waals surface area contributed by atoms with E-state index >= 15 is 0 Å². The molecule has 1 aromatic carbocycles. The summed E-state index contributed by atoms with van der Waals surface area (Å²) in [5.74, 6) is 1.18. The molecule has 0 radical (unpaired) electrons. The van der Waals surface area contributed by atoms with Crippen LogP contribution in [-0.2, 0) is 21.9 Å². The van der Waals surface area contributed by atoms with Crippen LogP contribution in [0, 0.1) is 6.92 Å². The molecule has 1 heterocycles. The Labute approximate surface area is 109 Å². The molecule has 0 fully saturated rings. The van der Waals surface area contributed by atoms with Crippen molar-refractivity contribution in [2.24, 2.45) is 0 Å².